The van der Waals surface area contributed by atoms with Gasteiger partial charge in [0.15, 0.2) is 6.61 Å². The molecule has 0 saturated heterocycles. The van der Waals surface area contributed by atoms with Crippen molar-refractivity contribution >= 4 is 23.5 Å². The van der Waals surface area contributed by atoms with E-state index in [1.54, 1.807) is 23.1 Å². The van der Waals surface area contributed by atoms with Crippen molar-refractivity contribution in [2.75, 3.05) is 24.6 Å². The van der Waals surface area contributed by atoms with Crippen LogP contribution in [0.1, 0.15) is 27.9 Å². The quantitative estimate of drug-likeness (QED) is 0.824. The topological polar surface area (TPSA) is 75.7 Å². The maximum atomic E-state index is 12.4. The highest BCUT2D eigenvalue weighted by Gasteiger charge is 2.23. The fourth-order valence-corrected chi connectivity index (χ4v) is 3.10. The lowest BCUT2D eigenvalue weighted by molar-refractivity contribution is -0.146. The van der Waals surface area contributed by atoms with Gasteiger partial charge in [-0.3, -0.25) is 14.4 Å². The van der Waals surface area contributed by atoms with Gasteiger partial charge < -0.3 is 15.0 Å². The highest BCUT2D eigenvalue weighted by atomic mass is 16.5. The summed E-state index contributed by atoms with van der Waals surface area (Å²) in [5, 5.41) is 2.51. The lowest BCUT2D eigenvalue weighted by Gasteiger charge is -2.29. The van der Waals surface area contributed by atoms with Gasteiger partial charge in [-0.25, -0.2) is 0 Å². The van der Waals surface area contributed by atoms with Gasteiger partial charge in [0.25, 0.3) is 11.8 Å². The normalized spacial score (nSPS) is 12.9. The Labute approximate surface area is 158 Å². The molecule has 0 radical (unpaired) electrons. The Hall–Kier alpha value is -3.15. The monoisotopic (exact) mass is 366 g/mol. The number of hydrogen-bond donors (Lipinski definition) is 1. The van der Waals surface area contributed by atoms with Crippen LogP contribution < -0.4 is 10.2 Å². The molecule has 0 aliphatic carbocycles. The average Bonchev–Trinajstić information content (AvgIpc) is 2.69. The molecule has 1 aliphatic rings. The summed E-state index contributed by atoms with van der Waals surface area (Å²) in [7, 11) is 0. The number of esters is 1. The van der Waals surface area contributed by atoms with Crippen LogP contribution in [0.15, 0.2) is 48.5 Å². The Morgan fingerprint density at radius 3 is 2.74 bits per heavy atom. The smallest absolute Gasteiger partial charge is 0.325 e. The van der Waals surface area contributed by atoms with E-state index in [1.165, 1.54) is 0 Å². The van der Waals surface area contributed by atoms with Crippen LogP contribution in [0.5, 0.6) is 0 Å². The molecule has 0 fully saturated rings. The van der Waals surface area contributed by atoms with Crippen LogP contribution >= 0.6 is 0 Å². The summed E-state index contributed by atoms with van der Waals surface area (Å²) in [6.07, 6.45) is 1.81. The predicted octanol–water partition coefficient (Wildman–Crippen LogP) is 2.25. The van der Waals surface area contributed by atoms with E-state index in [1.807, 2.05) is 37.3 Å². The number of carbonyl (C=O) groups is 3. The molecule has 0 bridgehead atoms. The molecular weight excluding hydrogens is 344 g/mol. The number of fused-ring (bicyclic) bond motifs is 1. The van der Waals surface area contributed by atoms with E-state index in [0.29, 0.717) is 12.1 Å². The lowest BCUT2D eigenvalue weighted by Crippen LogP contribution is -2.39. The van der Waals surface area contributed by atoms with E-state index in [-0.39, 0.29) is 25.0 Å². The molecule has 6 nitrogen and oxygen atoms in total. The Bertz CT molecular complexity index is 863. The molecule has 2 aromatic rings. The maximum Gasteiger partial charge on any atom is 0.325 e. The van der Waals surface area contributed by atoms with Crippen molar-refractivity contribution in [2.45, 2.75) is 19.8 Å². The maximum absolute atomic E-state index is 12.4. The zero-order valence-corrected chi connectivity index (χ0v) is 15.2. The number of rotatable bonds is 5. The average molecular weight is 366 g/mol. The van der Waals surface area contributed by atoms with Crippen molar-refractivity contribution in [3.05, 3.63) is 65.2 Å². The van der Waals surface area contributed by atoms with Crippen LogP contribution in [-0.2, 0) is 20.7 Å². The van der Waals surface area contributed by atoms with Crippen molar-refractivity contribution in [1.82, 2.24) is 5.32 Å². The molecule has 0 aromatic heterocycles. The minimum atomic E-state index is -0.644. The zero-order chi connectivity index (χ0) is 19.2. The molecule has 1 aliphatic heterocycles. The minimum absolute atomic E-state index is 0.263. The van der Waals surface area contributed by atoms with Crippen LogP contribution in [0.25, 0.3) is 0 Å². The van der Waals surface area contributed by atoms with Gasteiger partial charge in [0, 0.05) is 17.8 Å². The Morgan fingerprint density at radius 1 is 1.11 bits per heavy atom. The molecule has 1 N–H and O–H groups in total. The molecule has 0 atom stereocenters. The van der Waals surface area contributed by atoms with E-state index in [9.17, 15) is 14.4 Å². The summed E-state index contributed by atoms with van der Waals surface area (Å²) in [5.74, 6) is -1.26. The molecule has 3 rings (SSSR count). The number of para-hydroxylation sites is 1. The van der Waals surface area contributed by atoms with E-state index in [2.05, 4.69) is 5.32 Å². The van der Waals surface area contributed by atoms with E-state index < -0.39 is 5.97 Å². The summed E-state index contributed by atoms with van der Waals surface area (Å²) in [4.78, 5) is 38.0. The first-order valence-corrected chi connectivity index (χ1v) is 8.93. The number of carbonyl (C=O) groups excluding carboxylic acids is 3. The second-order valence-electron chi connectivity index (χ2n) is 6.49. The molecule has 140 valence electrons. The van der Waals surface area contributed by atoms with Gasteiger partial charge in [-0.2, -0.15) is 0 Å². The van der Waals surface area contributed by atoms with Crippen molar-refractivity contribution < 1.29 is 19.1 Å². The van der Waals surface area contributed by atoms with Crippen LogP contribution in [0.4, 0.5) is 5.69 Å². The van der Waals surface area contributed by atoms with E-state index in [0.717, 1.165) is 29.7 Å². The third kappa shape index (κ3) is 4.73. The van der Waals surface area contributed by atoms with E-state index in [4.69, 9.17) is 4.74 Å². The van der Waals surface area contributed by atoms with Crippen LogP contribution in [0.2, 0.25) is 0 Å². The minimum Gasteiger partial charge on any atom is -0.454 e. The molecule has 0 saturated carbocycles. The number of nitrogens with zero attached hydrogens (tertiary/aromatic N) is 1. The molecule has 1 heterocycles. The molecule has 2 amide bonds. The Balaban J connectivity index is 1.48. The number of anilines is 1. The van der Waals surface area contributed by atoms with E-state index >= 15 is 0 Å². The van der Waals surface area contributed by atoms with Crippen LogP contribution in [0, 0.1) is 6.92 Å². The largest absolute Gasteiger partial charge is 0.454 e. The number of aryl methyl sites for hydroxylation is 2. The fraction of sp³-hybridized carbons (Fsp3) is 0.286. The molecule has 0 unspecified atom stereocenters. The van der Waals surface area contributed by atoms with Gasteiger partial charge >= 0.3 is 5.97 Å². The SMILES string of the molecule is Cc1cccc(C(=O)NCC(=O)OCC(=O)N2CCCc3ccccc32)c1. The molecule has 2 aromatic carbocycles. The van der Waals surface area contributed by atoms with Crippen LogP contribution in [0.3, 0.4) is 0 Å². The first-order valence-electron chi connectivity index (χ1n) is 8.93. The molecular formula is C21H22N2O4. The van der Waals surface area contributed by atoms with Gasteiger partial charge in [-0.15, -0.1) is 0 Å². The third-order valence-corrected chi connectivity index (χ3v) is 4.44. The summed E-state index contributed by atoms with van der Waals surface area (Å²) >= 11 is 0. The number of nitrogens with one attached hydrogen (secondary N) is 1. The lowest BCUT2D eigenvalue weighted by atomic mass is 10.0. The fourth-order valence-electron chi connectivity index (χ4n) is 3.10. The number of amides is 2. The molecule has 0 spiro atoms. The number of hydrogen-bond acceptors (Lipinski definition) is 4. The van der Waals surface area contributed by atoms with Crippen molar-refractivity contribution in [2.24, 2.45) is 0 Å². The van der Waals surface area contributed by atoms with Gasteiger partial charge in [-0.1, -0.05) is 35.9 Å². The second kappa shape index (κ2) is 8.49. The van der Waals surface area contributed by atoms with Gasteiger partial charge in [-0.05, 0) is 43.5 Å². The zero-order valence-electron chi connectivity index (χ0n) is 15.2. The highest BCUT2D eigenvalue weighted by molar-refractivity contribution is 5.97. The number of ether oxygens (including phenoxy) is 1. The summed E-state index contributed by atoms with van der Waals surface area (Å²) in [5.41, 5.74) is 3.42. The van der Waals surface area contributed by atoms with Gasteiger partial charge in [0.1, 0.15) is 6.54 Å². The van der Waals surface area contributed by atoms with Crippen molar-refractivity contribution in [3.63, 3.8) is 0 Å². The summed E-state index contributed by atoms with van der Waals surface area (Å²) in [6.45, 7) is 1.87. The Kier molecular flexibility index (Phi) is 5.86. The summed E-state index contributed by atoms with van der Waals surface area (Å²) < 4.78 is 5.04. The summed E-state index contributed by atoms with van der Waals surface area (Å²) in [6, 6.07) is 14.8. The van der Waals surface area contributed by atoms with Crippen molar-refractivity contribution in [1.29, 1.82) is 0 Å². The molecule has 27 heavy (non-hydrogen) atoms. The van der Waals surface area contributed by atoms with Gasteiger partial charge in [0.05, 0.1) is 0 Å². The highest BCUT2D eigenvalue weighted by Crippen LogP contribution is 2.26. The van der Waals surface area contributed by atoms with Crippen molar-refractivity contribution in [3.8, 4) is 0 Å². The first kappa shape index (κ1) is 18.6. The Morgan fingerprint density at radius 2 is 1.93 bits per heavy atom. The second-order valence-corrected chi connectivity index (χ2v) is 6.49. The first-order chi connectivity index (χ1) is 13.0. The number of benzene rings is 2. The predicted molar refractivity (Wildman–Crippen MR) is 102 cm³/mol. The van der Waals surface area contributed by atoms with Crippen LogP contribution in [-0.4, -0.2) is 37.5 Å². The standard InChI is InChI=1S/C21H22N2O4/c1-15-6-4-8-17(12-15)21(26)22-13-20(25)27-14-19(24)23-11-5-9-16-7-2-3-10-18(16)23/h2-4,6-8,10,12H,5,9,11,13-14H2,1H3,(H,22,26). The van der Waals surface area contributed by atoms with Gasteiger partial charge in [0.2, 0.25) is 0 Å². The molecule has 6 heteroatoms. The third-order valence-electron chi connectivity index (χ3n) is 4.44.